The highest BCUT2D eigenvalue weighted by Gasteiger charge is 2.20. The maximum atomic E-state index is 6.16. The third-order valence-electron chi connectivity index (χ3n) is 4.69. The number of piperazine rings is 1. The summed E-state index contributed by atoms with van der Waals surface area (Å²) in [5, 5.41) is 4.94. The molecule has 1 saturated heterocycles. The lowest BCUT2D eigenvalue weighted by molar-refractivity contribution is 0.390. The topological polar surface area (TPSA) is 18.5 Å². The molecule has 3 rings (SSSR count). The summed E-state index contributed by atoms with van der Waals surface area (Å²) in [6.07, 6.45) is 1.05. The lowest BCUT2D eigenvalue weighted by Crippen LogP contribution is -2.50. The molecular weight excluding hydrogens is 350 g/mol. The van der Waals surface area contributed by atoms with Crippen molar-refractivity contribution in [1.82, 2.24) is 4.90 Å². The molecule has 0 radical (unpaired) electrons. The van der Waals surface area contributed by atoms with Gasteiger partial charge in [-0.15, -0.1) is 0 Å². The predicted molar refractivity (Wildman–Crippen MR) is 112 cm³/mol. The summed E-state index contributed by atoms with van der Waals surface area (Å²) in [4.78, 5) is 4.62. The van der Waals surface area contributed by atoms with Crippen LogP contribution in [0.25, 0.3) is 0 Å². The Morgan fingerprint density at radius 2 is 1.76 bits per heavy atom. The fourth-order valence-corrected chi connectivity index (χ4v) is 3.57. The Morgan fingerprint density at radius 1 is 1.08 bits per heavy atom. The van der Waals surface area contributed by atoms with Gasteiger partial charge in [-0.1, -0.05) is 36.7 Å². The van der Waals surface area contributed by atoms with Crippen LogP contribution in [-0.4, -0.2) is 36.2 Å². The highest BCUT2D eigenvalue weighted by Crippen LogP contribution is 2.25. The lowest BCUT2D eigenvalue weighted by atomic mass is 10.1. The van der Waals surface area contributed by atoms with Crippen molar-refractivity contribution in [3.05, 3.63) is 58.6 Å². The molecule has 25 heavy (non-hydrogen) atoms. The SMILES string of the molecule is CCc1ccc(NC(=S)N2CCN(c3cc(Cl)ccc3C)CC2)cc1. The van der Waals surface area contributed by atoms with Crippen molar-refractivity contribution >= 4 is 40.3 Å². The number of anilines is 2. The quantitative estimate of drug-likeness (QED) is 0.783. The van der Waals surface area contributed by atoms with Crippen LogP contribution < -0.4 is 10.2 Å². The van der Waals surface area contributed by atoms with Gasteiger partial charge in [-0.05, 0) is 61.0 Å². The average Bonchev–Trinajstić information content (AvgIpc) is 2.64. The van der Waals surface area contributed by atoms with Crippen LogP contribution in [0.4, 0.5) is 11.4 Å². The van der Waals surface area contributed by atoms with Gasteiger partial charge in [-0.25, -0.2) is 0 Å². The van der Waals surface area contributed by atoms with Gasteiger partial charge in [0.15, 0.2) is 5.11 Å². The van der Waals surface area contributed by atoms with Crippen LogP contribution in [0.2, 0.25) is 5.02 Å². The number of benzene rings is 2. The molecule has 0 unspecified atom stereocenters. The number of halogens is 1. The molecule has 1 N–H and O–H groups in total. The van der Waals surface area contributed by atoms with Crippen molar-refractivity contribution in [2.45, 2.75) is 20.3 Å². The first-order valence-electron chi connectivity index (χ1n) is 8.73. The predicted octanol–water partition coefficient (Wildman–Crippen LogP) is 4.73. The Hall–Kier alpha value is -1.78. The van der Waals surface area contributed by atoms with E-state index in [2.05, 4.69) is 65.4 Å². The fraction of sp³-hybridized carbons (Fsp3) is 0.350. The summed E-state index contributed by atoms with van der Waals surface area (Å²) in [5.41, 5.74) is 4.87. The van der Waals surface area contributed by atoms with E-state index in [9.17, 15) is 0 Å². The third kappa shape index (κ3) is 4.44. The van der Waals surface area contributed by atoms with Crippen LogP contribution >= 0.6 is 23.8 Å². The highest BCUT2D eigenvalue weighted by molar-refractivity contribution is 7.80. The van der Waals surface area contributed by atoms with Crippen molar-refractivity contribution < 1.29 is 0 Å². The first-order valence-corrected chi connectivity index (χ1v) is 9.51. The lowest BCUT2D eigenvalue weighted by Gasteiger charge is -2.38. The Labute approximate surface area is 160 Å². The van der Waals surface area contributed by atoms with Gasteiger partial charge in [0.1, 0.15) is 0 Å². The van der Waals surface area contributed by atoms with Crippen LogP contribution in [0.1, 0.15) is 18.1 Å². The molecule has 0 aromatic heterocycles. The van der Waals surface area contributed by atoms with E-state index in [1.807, 2.05) is 6.07 Å². The maximum Gasteiger partial charge on any atom is 0.173 e. The van der Waals surface area contributed by atoms with E-state index in [-0.39, 0.29) is 0 Å². The van der Waals surface area contributed by atoms with Crippen molar-refractivity contribution in [2.24, 2.45) is 0 Å². The van der Waals surface area contributed by atoms with Gasteiger partial charge in [0, 0.05) is 42.6 Å². The van der Waals surface area contributed by atoms with E-state index < -0.39 is 0 Å². The minimum Gasteiger partial charge on any atom is -0.368 e. The second kappa shape index (κ2) is 8.07. The monoisotopic (exact) mass is 373 g/mol. The van der Waals surface area contributed by atoms with Gasteiger partial charge < -0.3 is 15.1 Å². The Bertz CT molecular complexity index is 737. The molecule has 2 aromatic carbocycles. The molecule has 1 heterocycles. The molecule has 5 heteroatoms. The zero-order valence-electron chi connectivity index (χ0n) is 14.8. The third-order valence-corrected chi connectivity index (χ3v) is 5.29. The van der Waals surface area contributed by atoms with Gasteiger partial charge in [0.2, 0.25) is 0 Å². The van der Waals surface area contributed by atoms with E-state index in [0.717, 1.165) is 48.4 Å². The summed E-state index contributed by atoms with van der Waals surface area (Å²) in [7, 11) is 0. The minimum atomic E-state index is 0.788. The molecule has 1 fully saturated rings. The van der Waals surface area contributed by atoms with E-state index in [4.69, 9.17) is 23.8 Å². The highest BCUT2D eigenvalue weighted by atomic mass is 35.5. The van der Waals surface area contributed by atoms with Crippen LogP contribution in [0.15, 0.2) is 42.5 Å². The molecule has 1 aliphatic rings. The van der Waals surface area contributed by atoms with Crippen LogP contribution in [0, 0.1) is 6.92 Å². The number of hydrogen-bond acceptors (Lipinski definition) is 2. The maximum absolute atomic E-state index is 6.16. The van der Waals surface area contributed by atoms with Crippen molar-refractivity contribution in [2.75, 3.05) is 36.4 Å². The number of thiocarbonyl (C=S) groups is 1. The smallest absolute Gasteiger partial charge is 0.173 e. The molecule has 0 spiro atoms. The second-order valence-corrected chi connectivity index (χ2v) is 7.21. The Balaban J connectivity index is 1.57. The van der Waals surface area contributed by atoms with E-state index in [1.165, 1.54) is 16.8 Å². The van der Waals surface area contributed by atoms with E-state index >= 15 is 0 Å². The van der Waals surface area contributed by atoms with Crippen molar-refractivity contribution in [3.8, 4) is 0 Å². The van der Waals surface area contributed by atoms with Crippen LogP contribution in [-0.2, 0) is 6.42 Å². The Morgan fingerprint density at radius 3 is 2.40 bits per heavy atom. The molecule has 2 aromatic rings. The summed E-state index contributed by atoms with van der Waals surface area (Å²) in [5.74, 6) is 0. The van der Waals surface area contributed by atoms with Gasteiger partial charge in [-0.2, -0.15) is 0 Å². The number of rotatable bonds is 3. The summed E-state index contributed by atoms with van der Waals surface area (Å²) in [6, 6.07) is 14.6. The Kier molecular flexibility index (Phi) is 5.82. The normalized spacial score (nSPS) is 14.5. The molecule has 0 aliphatic carbocycles. The van der Waals surface area contributed by atoms with Crippen molar-refractivity contribution in [3.63, 3.8) is 0 Å². The first-order chi connectivity index (χ1) is 12.1. The molecule has 0 atom stereocenters. The molecule has 132 valence electrons. The summed E-state index contributed by atoms with van der Waals surface area (Å²) >= 11 is 11.8. The number of nitrogens with one attached hydrogen (secondary N) is 1. The standard InChI is InChI=1S/C20H24ClN3S/c1-3-16-5-8-18(9-6-16)22-20(25)24-12-10-23(11-13-24)19-14-17(21)7-4-15(19)2/h4-9,14H,3,10-13H2,1-2H3,(H,22,25). The summed E-state index contributed by atoms with van der Waals surface area (Å²) < 4.78 is 0. The van der Waals surface area contributed by atoms with Gasteiger partial charge in [0.05, 0.1) is 0 Å². The molecule has 0 amide bonds. The summed E-state index contributed by atoms with van der Waals surface area (Å²) in [6.45, 7) is 7.99. The van der Waals surface area contributed by atoms with Crippen LogP contribution in [0.3, 0.4) is 0 Å². The molecule has 1 aliphatic heterocycles. The second-order valence-electron chi connectivity index (χ2n) is 6.39. The zero-order chi connectivity index (χ0) is 17.8. The average molecular weight is 374 g/mol. The largest absolute Gasteiger partial charge is 0.368 e. The van der Waals surface area contributed by atoms with Crippen molar-refractivity contribution in [1.29, 1.82) is 0 Å². The van der Waals surface area contributed by atoms with E-state index in [1.54, 1.807) is 0 Å². The van der Waals surface area contributed by atoms with Gasteiger partial charge in [0.25, 0.3) is 0 Å². The number of nitrogens with zero attached hydrogens (tertiary/aromatic N) is 2. The first kappa shape index (κ1) is 18.0. The molecule has 3 nitrogen and oxygen atoms in total. The number of aryl methyl sites for hydroxylation is 2. The number of hydrogen-bond donors (Lipinski definition) is 1. The molecular formula is C20H24ClN3S. The molecule has 0 saturated carbocycles. The van der Waals surface area contributed by atoms with Gasteiger partial charge >= 0.3 is 0 Å². The fourth-order valence-electron chi connectivity index (χ4n) is 3.10. The van der Waals surface area contributed by atoms with E-state index in [0.29, 0.717) is 0 Å². The van der Waals surface area contributed by atoms with Crippen LogP contribution in [0.5, 0.6) is 0 Å². The zero-order valence-corrected chi connectivity index (χ0v) is 16.3. The van der Waals surface area contributed by atoms with Gasteiger partial charge in [-0.3, -0.25) is 0 Å². The minimum absolute atomic E-state index is 0.788. The molecule has 0 bridgehead atoms.